The molecule has 2 nitrogen and oxygen atoms in total. The van der Waals surface area contributed by atoms with Crippen molar-refractivity contribution in [1.82, 2.24) is 0 Å². The number of ether oxygens (including phenoxy) is 1. The van der Waals surface area contributed by atoms with Crippen molar-refractivity contribution < 1.29 is 9.53 Å². The van der Waals surface area contributed by atoms with Crippen LogP contribution >= 0.6 is 0 Å². The Morgan fingerprint density at radius 2 is 1.85 bits per heavy atom. The lowest BCUT2D eigenvalue weighted by Crippen LogP contribution is -2.07. The second kappa shape index (κ2) is 6.90. The molecular weight excluding hydrogens is 248 g/mol. The predicted octanol–water partition coefficient (Wildman–Crippen LogP) is 4.46. The fourth-order valence-electron chi connectivity index (χ4n) is 2.36. The fourth-order valence-corrected chi connectivity index (χ4v) is 2.36. The van der Waals surface area contributed by atoms with E-state index in [0.717, 1.165) is 17.7 Å². The number of carbonyl (C=O) groups is 1. The molecule has 0 aliphatic heterocycles. The number of hydrogen-bond acceptors (Lipinski definition) is 2. The summed E-state index contributed by atoms with van der Waals surface area (Å²) in [5.74, 6) is 1.16. The zero-order valence-electron chi connectivity index (χ0n) is 12.0. The van der Waals surface area contributed by atoms with Gasteiger partial charge in [0.15, 0.2) is 5.78 Å². The molecule has 0 saturated carbocycles. The number of rotatable bonds is 6. The zero-order valence-corrected chi connectivity index (χ0v) is 12.0. The van der Waals surface area contributed by atoms with E-state index in [9.17, 15) is 4.79 Å². The van der Waals surface area contributed by atoms with Crippen molar-refractivity contribution in [3.8, 4) is 5.75 Å². The van der Waals surface area contributed by atoms with Crippen molar-refractivity contribution in [2.75, 3.05) is 7.11 Å². The molecule has 0 aliphatic rings. The monoisotopic (exact) mass is 268 g/mol. The molecule has 2 rings (SSSR count). The van der Waals surface area contributed by atoms with Crippen LogP contribution in [0, 0.1) is 0 Å². The first-order valence-corrected chi connectivity index (χ1v) is 6.96. The summed E-state index contributed by atoms with van der Waals surface area (Å²) >= 11 is 0. The minimum Gasteiger partial charge on any atom is -0.497 e. The number of Topliss-reactive ketones (excluding diaryl/α,β-unsaturated/α-hetero) is 1. The number of methoxy groups -OCH3 is 1. The van der Waals surface area contributed by atoms with Gasteiger partial charge in [-0.05, 0) is 30.0 Å². The second-order valence-electron chi connectivity index (χ2n) is 4.88. The molecule has 0 saturated heterocycles. The maximum absolute atomic E-state index is 12.4. The second-order valence-corrected chi connectivity index (χ2v) is 4.88. The van der Waals surface area contributed by atoms with E-state index in [1.165, 1.54) is 5.56 Å². The molecule has 20 heavy (non-hydrogen) atoms. The molecule has 0 aromatic heterocycles. The van der Waals surface area contributed by atoms with E-state index in [1.54, 1.807) is 13.2 Å². The lowest BCUT2D eigenvalue weighted by atomic mass is 9.89. The van der Waals surface area contributed by atoms with E-state index < -0.39 is 0 Å². The van der Waals surface area contributed by atoms with Crippen LogP contribution in [0.1, 0.15) is 41.6 Å². The summed E-state index contributed by atoms with van der Waals surface area (Å²) in [6.45, 7) is 2.12. The fraction of sp³-hybridized carbons (Fsp3) is 0.278. The third-order valence-electron chi connectivity index (χ3n) is 3.59. The van der Waals surface area contributed by atoms with E-state index in [0.29, 0.717) is 6.42 Å². The topological polar surface area (TPSA) is 26.3 Å². The molecular formula is C18H20O2. The van der Waals surface area contributed by atoms with Crippen LogP contribution in [0.15, 0.2) is 54.6 Å². The minimum absolute atomic E-state index is 0.166. The van der Waals surface area contributed by atoms with Gasteiger partial charge >= 0.3 is 0 Å². The number of benzene rings is 2. The SMILES string of the molecule is CC[C@H](CC(=O)c1cccc(OC)c1)c1ccccc1. The minimum atomic E-state index is 0.166. The van der Waals surface area contributed by atoms with Crippen LogP contribution in [0.5, 0.6) is 5.75 Å². The number of hydrogen-bond donors (Lipinski definition) is 0. The molecule has 1 atom stereocenters. The summed E-state index contributed by atoms with van der Waals surface area (Å²) in [7, 11) is 1.61. The van der Waals surface area contributed by atoms with Crippen molar-refractivity contribution in [3.63, 3.8) is 0 Å². The highest BCUT2D eigenvalue weighted by atomic mass is 16.5. The lowest BCUT2D eigenvalue weighted by molar-refractivity contribution is 0.0972. The van der Waals surface area contributed by atoms with Gasteiger partial charge in [-0.1, -0.05) is 49.4 Å². The standard InChI is InChI=1S/C18H20O2/c1-3-14(15-8-5-4-6-9-15)13-18(19)16-10-7-11-17(12-16)20-2/h4-12,14H,3,13H2,1-2H3/t14-/m1/s1. The van der Waals surface area contributed by atoms with Gasteiger partial charge in [-0.2, -0.15) is 0 Å². The Kier molecular flexibility index (Phi) is 4.94. The van der Waals surface area contributed by atoms with Gasteiger partial charge in [-0.3, -0.25) is 4.79 Å². The number of ketones is 1. The van der Waals surface area contributed by atoms with Gasteiger partial charge in [0.2, 0.25) is 0 Å². The Labute approximate surface area is 120 Å². The molecule has 0 heterocycles. The first-order chi connectivity index (χ1) is 9.74. The molecule has 0 spiro atoms. The predicted molar refractivity (Wildman–Crippen MR) is 81.4 cm³/mol. The first-order valence-electron chi connectivity index (χ1n) is 6.96. The molecule has 0 unspecified atom stereocenters. The van der Waals surface area contributed by atoms with Crippen molar-refractivity contribution in [2.45, 2.75) is 25.7 Å². The van der Waals surface area contributed by atoms with Gasteiger partial charge in [0.05, 0.1) is 7.11 Å². The molecule has 2 aromatic rings. The largest absolute Gasteiger partial charge is 0.497 e. The van der Waals surface area contributed by atoms with E-state index in [-0.39, 0.29) is 11.7 Å². The van der Waals surface area contributed by atoms with Crippen LogP contribution in [0.3, 0.4) is 0 Å². The Morgan fingerprint density at radius 3 is 2.50 bits per heavy atom. The maximum Gasteiger partial charge on any atom is 0.163 e. The van der Waals surface area contributed by atoms with E-state index in [4.69, 9.17) is 4.74 Å². The highest BCUT2D eigenvalue weighted by molar-refractivity contribution is 5.96. The average molecular weight is 268 g/mol. The Balaban J connectivity index is 2.13. The van der Waals surface area contributed by atoms with Gasteiger partial charge in [-0.25, -0.2) is 0 Å². The van der Waals surface area contributed by atoms with Crippen LogP contribution in [-0.2, 0) is 0 Å². The van der Waals surface area contributed by atoms with Gasteiger partial charge in [0, 0.05) is 12.0 Å². The quantitative estimate of drug-likeness (QED) is 0.723. The van der Waals surface area contributed by atoms with E-state index in [2.05, 4.69) is 19.1 Å². The summed E-state index contributed by atoms with van der Waals surface area (Å²) in [5, 5.41) is 0. The summed E-state index contributed by atoms with van der Waals surface area (Å²) in [6.07, 6.45) is 1.49. The van der Waals surface area contributed by atoms with Crippen molar-refractivity contribution in [3.05, 3.63) is 65.7 Å². The average Bonchev–Trinajstić information content (AvgIpc) is 2.53. The zero-order chi connectivity index (χ0) is 14.4. The van der Waals surface area contributed by atoms with Crippen molar-refractivity contribution in [2.24, 2.45) is 0 Å². The third kappa shape index (κ3) is 3.47. The summed E-state index contributed by atoms with van der Waals surface area (Å²) in [6, 6.07) is 17.6. The molecule has 0 fully saturated rings. The Bertz CT molecular complexity index is 561. The highest BCUT2D eigenvalue weighted by Crippen LogP contribution is 2.25. The maximum atomic E-state index is 12.4. The Hall–Kier alpha value is -2.09. The lowest BCUT2D eigenvalue weighted by Gasteiger charge is -2.14. The molecule has 0 bridgehead atoms. The molecule has 2 aromatic carbocycles. The van der Waals surface area contributed by atoms with E-state index >= 15 is 0 Å². The van der Waals surface area contributed by atoms with Crippen LogP contribution in [0.25, 0.3) is 0 Å². The van der Waals surface area contributed by atoms with Crippen LogP contribution in [0.4, 0.5) is 0 Å². The van der Waals surface area contributed by atoms with Crippen LogP contribution in [-0.4, -0.2) is 12.9 Å². The number of carbonyl (C=O) groups excluding carboxylic acids is 1. The van der Waals surface area contributed by atoms with Gasteiger partial charge in [-0.15, -0.1) is 0 Å². The smallest absolute Gasteiger partial charge is 0.163 e. The molecule has 104 valence electrons. The normalized spacial score (nSPS) is 11.9. The Morgan fingerprint density at radius 1 is 1.10 bits per heavy atom. The van der Waals surface area contributed by atoms with Gasteiger partial charge in [0.25, 0.3) is 0 Å². The van der Waals surface area contributed by atoms with Gasteiger partial charge < -0.3 is 4.74 Å². The molecule has 0 amide bonds. The molecule has 0 aliphatic carbocycles. The van der Waals surface area contributed by atoms with E-state index in [1.807, 2.05) is 36.4 Å². The molecule has 0 N–H and O–H groups in total. The molecule has 0 radical (unpaired) electrons. The van der Waals surface area contributed by atoms with Crippen molar-refractivity contribution >= 4 is 5.78 Å². The molecule has 2 heteroatoms. The van der Waals surface area contributed by atoms with Gasteiger partial charge in [0.1, 0.15) is 5.75 Å². The van der Waals surface area contributed by atoms with Crippen LogP contribution in [0.2, 0.25) is 0 Å². The highest BCUT2D eigenvalue weighted by Gasteiger charge is 2.15. The van der Waals surface area contributed by atoms with Crippen LogP contribution < -0.4 is 4.74 Å². The summed E-state index contributed by atoms with van der Waals surface area (Å²) < 4.78 is 5.17. The first kappa shape index (κ1) is 14.3. The summed E-state index contributed by atoms with van der Waals surface area (Å²) in [4.78, 5) is 12.4. The van der Waals surface area contributed by atoms with Crippen molar-refractivity contribution in [1.29, 1.82) is 0 Å². The third-order valence-corrected chi connectivity index (χ3v) is 3.59. The summed E-state index contributed by atoms with van der Waals surface area (Å²) in [5.41, 5.74) is 1.95.